The molecule has 0 spiro atoms. The molecule has 0 radical (unpaired) electrons. The Morgan fingerprint density at radius 1 is 1.13 bits per heavy atom. The molecule has 0 aliphatic carbocycles. The van der Waals surface area contributed by atoms with Crippen LogP contribution in [0.25, 0.3) is 0 Å². The Morgan fingerprint density at radius 2 is 1.87 bits per heavy atom. The Kier molecular flexibility index (Phi) is 3.19. The van der Waals surface area contributed by atoms with Gasteiger partial charge in [0, 0.05) is 19.3 Å². The largest absolute Gasteiger partial charge is 0.355 e. The highest BCUT2D eigenvalue weighted by molar-refractivity contribution is 5.37. The van der Waals surface area contributed by atoms with Crippen LogP contribution >= 0.6 is 0 Å². The first kappa shape index (κ1) is 10.4. The average molecular weight is 205 g/mol. The van der Waals surface area contributed by atoms with Gasteiger partial charge < -0.3 is 4.90 Å². The molecule has 3 heteroatoms. The molecule has 1 aliphatic rings. The van der Waals surface area contributed by atoms with Crippen LogP contribution in [-0.4, -0.2) is 23.1 Å². The number of anilines is 1. The van der Waals surface area contributed by atoms with E-state index in [4.69, 9.17) is 0 Å². The SMILES string of the molecule is CC(C)c1cncc(N2CCCCC2)n1. The quantitative estimate of drug-likeness (QED) is 0.743. The Morgan fingerprint density at radius 3 is 2.53 bits per heavy atom. The molecule has 1 aromatic heterocycles. The number of aromatic nitrogens is 2. The van der Waals surface area contributed by atoms with Crippen LogP contribution in [0.1, 0.15) is 44.7 Å². The van der Waals surface area contributed by atoms with Crippen molar-refractivity contribution in [3.8, 4) is 0 Å². The summed E-state index contributed by atoms with van der Waals surface area (Å²) in [6, 6.07) is 0. The fourth-order valence-corrected chi connectivity index (χ4v) is 1.92. The van der Waals surface area contributed by atoms with E-state index in [1.807, 2.05) is 12.4 Å². The van der Waals surface area contributed by atoms with Gasteiger partial charge in [0.05, 0.1) is 11.9 Å². The van der Waals surface area contributed by atoms with Crippen molar-refractivity contribution in [1.82, 2.24) is 9.97 Å². The van der Waals surface area contributed by atoms with Crippen molar-refractivity contribution in [2.45, 2.75) is 39.0 Å². The number of hydrogen-bond donors (Lipinski definition) is 0. The van der Waals surface area contributed by atoms with E-state index in [0.717, 1.165) is 24.6 Å². The molecule has 0 atom stereocenters. The van der Waals surface area contributed by atoms with E-state index in [1.165, 1.54) is 19.3 Å². The summed E-state index contributed by atoms with van der Waals surface area (Å²) in [6.07, 6.45) is 7.68. The van der Waals surface area contributed by atoms with E-state index in [-0.39, 0.29) is 0 Å². The van der Waals surface area contributed by atoms with Gasteiger partial charge >= 0.3 is 0 Å². The van der Waals surface area contributed by atoms with Gasteiger partial charge in [-0.2, -0.15) is 0 Å². The number of hydrogen-bond acceptors (Lipinski definition) is 3. The minimum atomic E-state index is 0.460. The lowest BCUT2D eigenvalue weighted by Crippen LogP contribution is -2.30. The van der Waals surface area contributed by atoms with Gasteiger partial charge in [-0.05, 0) is 25.2 Å². The van der Waals surface area contributed by atoms with E-state index < -0.39 is 0 Å². The van der Waals surface area contributed by atoms with Crippen LogP contribution < -0.4 is 4.90 Å². The molecule has 1 aromatic rings. The summed E-state index contributed by atoms with van der Waals surface area (Å²) in [4.78, 5) is 11.3. The lowest BCUT2D eigenvalue weighted by atomic mass is 10.1. The van der Waals surface area contributed by atoms with Crippen molar-refractivity contribution < 1.29 is 0 Å². The highest BCUT2D eigenvalue weighted by Crippen LogP contribution is 2.19. The van der Waals surface area contributed by atoms with Crippen molar-refractivity contribution in [2.75, 3.05) is 18.0 Å². The molecule has 1 saturated heterocycles. The first-order valence-corrected chi connectivity index (χ1v) is 5.84. The molecule has 0 bridgehead atoms. The van der Waals surface area contributed by atoms with Crippen molar-refractivity contribution in [3.05, 3.63) is 18.1 Å². The fourth-order valence-electron chi connectivity index (χ4n) is 1.92. The third-order valence-corrected chi connectivity index (χ3v) is 2.91. The molecule has 0 aromatic carbocycles. The van der Waals surface area contributed by atoms with Gasteiger partial charge in [0.25, 0.3) is 0 Å². The zero-order chi connectivity index (χ0) is 10.7. The monoisotopic (exact) mass is 205 g/mol. The molecule has 2 heterocycles. The molecule has 1 aliphatic heterocycles. The van der Waals surface area contributed by atoms with Crippen LogP contribution in [-0.2, 0) is 0 Å². The average Bonchev–Trinajstić information content (AvgIpc) is 2.30. The van der Waals surface area contributed by atoms with E-state index >= 15 is 0 Å². The topological polar surface area (TPSA) is 29.0 Å². The predicted octanol–water partition coefficient (Wildman–Crippen LogP) is 2.59. The zero-order valence-corrected chi connectivity index (χ0v) is 9.61. The smallest absolute Gasteiger partial charge is 0.147 e. The van der Waals surface area contributed by atoms with Gasteiger partial charge in [0.15, 0.2) is 0 Å². The summed E-state index contributed by atoms with van der Waals surface area (Å²) in [5, 5.41) is 0. The van der Waals surface area contributed by atoms with Gasteiger partial charge in [-0.15, -0.1) is 0 Å². The second-order valence-electron chi connectivity index (χ2n) is 4.50. The van der Waals surface area contributed by atoms with Gasteiger partial charge in [-0.3, -0.25) is 4.98 Å². The zero-order valence-electron chi connectivity index (χ0n) is 9.61. The van der Waals surface area contributed by atoms with Gasteiger partial charge in [-0.1, -0.05) is 13.8 Å². The Balaban J connectivity index is 2.16. The molecular weight excluding hydrogens is 186 g/mol. The normalized spacial score (nSPS) is 17.1. The van der Waals surface area contributed by atoms with Gasteiger partial charge in [-0.25, -0.2) is 4.98 Å². The number of piperidine rings is 1. The maximum absolute atomic E-state index is 4.66. The second kappa shape index (κ2) is 4.60. The Bertz CT molecular complexity index is 316. The first-order valence-electron chi connectivity index (χ1n) is 5.84. The van der Waals surface area contributed by atoms with Crippen LogP contribution in [0.5, 0.6) is 0 Å². The third kappa shape index (κ3) is 2.46. The molecule has 0 N–H and O–H groups in total. The highest BCUT2D eigenvalue weighted by Gasteiger charge is 2.13. The summed E-state index contributed by atoms with van der Waals surface area (Å²) in [6.45, 7) is 6.58. The molecule has 82 valence electrons. The summed E-state index contributed by atoms with van der Waals surface area (Å²) >= 11 is 0. The summed E-state index contributed by atoms with van der Waals surface area (Å²) in [5.41, 5.74) is 1.10. The van der Waals surface area contributed by atoms with Crippen LogP contribution in [0.4, 0.5) is 5.82 Å². The standard InChI is InChI=1S/C12H19N3/c1-10(2)11-8-13-9-12(14-11)15-6-4-3-5-7-15/h8-10H,3-7H2,1-2H3. The molecular formula is C12H19N3. The molecule has 15 heavy (non-hydrogen) atoms. The van der Waals surface area contributed by atoms with E-state index in [2.05, 4.69) is 28.7 Å². The first-order chi connectivity index (χ1) is 7.27. The number of nitrogens with zero attached hydrogens (tertiary/aromatic N) is 3. The van der Waals surface area contributed by atoms with Crippen LogP contribution in [0.2, 0.25) is 0 Å². The third-order valence-electron chi connectivity index (χ3n) is 2.91. The minimum Gasteiger partial charge on any atom is -0.355 e. The van der Waals surface area contributed by atoms with E-state index in [9.17, 15) is 0 Å². The van der Waals surface area contributed by atoms with Crippen molar-refractivity contribution in [3.63, 3.8) is 0 Å². The Labute approximate surface area is 91.5 Å². The Hall–Kier alpha value is -1.12. The molecule has 1 fully saturated rings. The maximum Gasteiger partial charge on any atom is 0.147 e. The fraction of sp³-hybridized carbons (Fsp3) is 0.667. The predicted molar refractivity (Wildman–Crippen MR) is 62.2 cm³/mol. The van der Waals surface area contributed by atoms with Crippen molar-refractivity contribution >= 4 is 5.82 Å². The number of rotatable bonds is 2. The van der Waals surface area contributed by atoms with Crippen molar-refractivity contribution in [2.24, 2.45) is 0 Å². The maximum atomic E-state index is 4.66. The van der Waals surface area contributed by atoms with E-state index in [1.54, 1.807) is 0 Å². The van der Waals surface area contributed by atoms with Crippen molar-refractivity contribution in [1.29, 1.82) is 0 Å². The van der Waals surface area contributed by atoms with Crippen LogP contribution in [0.15, 0.2) is 12.4 Å². The summed E-state index contributed by atoms with van der Waals surface area (Å²) < 4.78 is 0. The second-order valence-corrected chi connectivity index (χ2v) is 4.50. The summed E-state index contributed by atoms with van der Waals surface area (Å²) in [5.74, 6) is 1.52. The molecule has 0 amide bonds. The van der Waals surface area contributed by atoms with Crippen LogP contribution in [0, 0.1) is 0 Å². The van der Waals surface area contributed by atoms with E-state index in [0.29, 0.717) is 5.92 Å². The summed E-state index contributed by atoms with van der Waals surface area (Å²) in [7, 11) is 0. The molecule has 0 unspecified atom stereocenters. The molecule has 2 rings (SSSR count). The lowest BCUT2D eigenvalue weighted by Gasteiger charge is -2.27. The minimum absolute atomic E-state index is 0.460. The van der Waals surface area contributed by atoms with Crippen LogP contribution in [0.3, 0.4) is 0 Å². The van der Waals surface area contributed by atoms with Gasteiger partial charge in [0.2, 0.25) is 0 Å². The highest BCUT2D eigenvalue weighted by atomic mass is 15.2. The lowest BCUT2D eigenvalue weighted by molar-refractivity contribution is 0.571. The molecule has 0 saturated carbocycles. The molecule has 3 nitrogen and oxygen atoms in total. The van der Waals surface area contributed by atoms with Gasteiger partial charge in [0.1, 0.15) is 5.82 Å².